The Bertz CT molecular complexity index is 365. The van der Waals surface area contributed by atoms with Crippen molar-refractivity contribution in [3.63, 3.8) is 0 Å². The lowest BCUT2D eigenvalue weighted by molar-refractivity contribution is -0.0181. The number of hydrogen-bond donors (Lipinski definition) is 1. The van der Waals surface area contributed by atoms with E-state index in [1.54, 1.807) is 0 Å². The second-order valence-corrected chi connectivity index (χ2v) is 5.38. The van der Waals surface area contributed by atoms with Gasteiger partial charge in [0.15, 0.2) is 0 Å². The summed E-state index contributed by atoms with van der Waals surface area (Å²) in [6, 6.07) is 7.93. The molecule has 1 fully saturated rings. The van der Waals surface area contributed by atoms with Crippen LogP contribution in [0.25, 0.3) is 0 Å². The van der Waals surface area contributed by atoms with Gasteiger partial charge in [-0.25, -0.2) is 0 Å². The predicted octanol–water partition coefficient (Wildman–Crippen LogP) is 2.69. The van der Waals surface area contributed by atoms with E-state index >= 15 is 0 Å². The van der Waals surface area contributed by atoms with Gasteiger partial charge in [-0.05, 0) is 44.0 Å². The van der Waals surface area contributed by atoms with Gasteiger partial charge in [-0.2, -0.15) is 0 Å². The lowest BCUT2D eigenvalue weighted by atomic mass is 9.95. The number of nitrogens with zero attached hydrogens (tertiary/aromatic N) is 1. The second-order valence-electron chi connectivity index (χ2n) is 4.94. The lowest BCUT2D eigenvalue weighted by Gasteiger charge is -2.36. The van der Waals surface area contributed by atoms with E-state index in [4.69, 9.17) is 11.6 Å². The Morgan fingerprint density at radius 1 is 1.50 bits per heavy atom. The van der Waals surface area contributed by atoms with Crippen LogP contribution in [0.3, 0.4) is 0 Å². The van der Waals surface area contributed by atoms with Crippen LogP contribution >= 0.6 is 11.6 Å². The number of likely N-dealkylation sites (tertiary alicyclic amines) is 1. The number of halogens is 1. The van der Waals surface area contributed by atoms with Crippen LogP contribution in [0.1, 0.15) is 25.3 Å². The summed E-state index contributed by atoms with van der Waals surface area (Å²) in [5.74, 6) is 0. The van der Waals surface area contributed by atoms with Crippen molar-refractivity contribution < 1.29 is 5.11 Å². The van der Waals surface area contributed by atoms with E-state index in [1.807, 2.05) is 25.1 Å². The van der Waals surface area contributed by atoms with E-state index in [9.17, 15) is 5.11 Å². The zero-order chi connectivity index (χ0) is 11.6. The van der Waals surface area contributed by atoms with Crippen molar-refractivity contribution in [1.82, 2.24) is 4.90 Å². The molecule has 0 saturated carbocycles. The molecule has 0 aliphatic carbocycles. The Morgan fingerprint density at radius 2 is 2.31 bits per heavy atom. The molecule has 2 rings (SSSR count). The Kier molecular flexibility index (Phi) is 3.53. The average Bonchev–Trinajstić information content (AvgIpc) is 2.15. The number of piperidine rings is 1. The second kappa shape index (κ2) is 4.74. The van der Waals surface area contributed by atoms with E-state index in [0.29, 0.717) is 0 Å². The smallest absolute Gasteiger partial charge is 0.0746 e. The van der Waals surface area contributed by atoms with E-state index in [0.717, 1.165) is 37.5 Å². The first-order valence-corrected chi connectivity index (χ1v) is 6.12. The van der Waals surface area contributed by atoms with Gasteiger partial charge in [0.2, 0.25) is 0 Å². The maximum Gasteiger partial charge on any atom is 0.0746 e. The summed E-state index contributed by atoms with van der Waals surface area (Å²) < 4.78 is 0. The van der Waals surface area contributed by atoms with Crippen LogP contribution in [0.5, 0.6) is 0 Å². The number of rotatable bonds is 2. The summed E-state index contributed by atoms with van der Waals surface area (Å²) >= 11 is 5.95. The Balaban J connectivity index is 1.99. The molecular weight excluding hydrogens is 222 g/mol. The fourth-order valence-corrected chi connectivity index (χ4v) is 2.56. The van der Waals surface area contributed by atoms with Gasteiger partial charge >= 0.3 is 0 Å². The molecule has 0 aromatic heterocycles. The van der Waals surface area contributed by atoms with E-state index < -0.39 is 5.60 Å². The van der Waals surface area contributed by atoms with E-state index in [-0.39, 0.29) is 0 Å². The van der Waals surface area contributed by atoms with Gasteiger partial charge in [-0.1, -0.05) is 23.7 Å². The molecule has 0 amide bonds. The van der Waals surface area contributed by atoms with Crippen LogP contribution in [-0.2, 0) is 6.54 Å². The standard InChI is InChI=1S/C13H18ClNO/c1-13(16)6-3-7-15(10-13)9-11-4-2-5-12(14)8-11/h2,4-5,8,16H,3,6-7,9-10H2,1H3. The molecule has 1 aromatic rings. The normalized spacial score (nSPS) is 26.9. The highest BCUT2D eigenvalue weighted by molar-refractivity contribution is 6.30. The van der Waals surface area contributed by atoms with Crippen LogP contribution < -0.4 is 0 Å². The molecule has 1 aliphatic heterocycles. The Labute approximate surface area is 102 Å². The summed E-state index contributed by atoms with van der Waals surface area (Å²) in [7, 11) is 0. The molecule has 16 heavy (non-hydrogen) atoms. The minimum Gasteiger partial charge on any atom is -0.389 e. The summed E-state index contributed by atoms with van der Waals surface area (Å²) in [6.07, 6.45) is 1.96. The highest BCUT2D eigenvalue weighted by atomic mass is 35.5. The monoisotopic (exact) mass is 239 g/mol. The molecule has 0 radical (unpaired) electrons. The molecule has 1 atom stereocenters. The van der Waals surface area contributed by atoms with Crippen molar-refractivity contribution in [2.75, 3.05) is 13.1 Å². The van der Waals surface area contributed by atoms with Crippen molar-refractivity contribution in [1.29, 1.82) is 0 Å². The molecule has 1 aromatic carbocycles. The number of hydrogen-bond acceptors (Lipinski definition) is 2. The molecule has 1 heterocycles. The summed E-state index contributed by atoms with van der Waals surface area (Å²) in [5.41, 5.74) is 0.682. The van der Waals surface area contributed by atoms with E-state index in [2.05, 4.69) is 11.0 Å². The first-order valence-electron chi connectivity index (χ1n) is 5.74. The van der Waals surface area contributed by atoms with Crippen molar-refractivity contribution in [2.24, 2.45) is 0 Å². The van der Waals surface area contributed by atoms with Gasteiger partial charge in [0, 0.05) is 18.1 Å². The van der Waals surface area contributed by atoms with Crippen molar-refractivity contribution in [3.8, 4) is 0 Å². The zero-order valence-corrected chi connectivity index (χ0v) is 10.4. The summed E-state index contributed by atoms with van der Waals surface area (Å²) in [4.78, 5) is 2.29. The molecule has 1 N–H and O–H groups in total. The zero-order valence-electron chi connectivity index (χ0n) is 9.62. The fourth-order valence-electron chi connectivity index (χ4n) is 2.35. The van der Waals surface area contributed by atoms with Gasteiger partial charge in [-0.3, -0.25) is 4.90 Å². The lowest BCUT2D eigenvalue weighted by Crippen LogP contribution is -2.45. The highest BCUT2D eigenvalue weighted by Crippen LogP contribution is 2.22. The van der Waals surface area contributed by atoms with Crippen LogP contribution in [0.15, 0.2) is 24.3 Å². The highest BCUT2D eigenvalue weighted by Gasteiger charge is 2.27. The minimum absolute atomic E-state index is 0.531. The first kappa shape index (κ1) is 11.9. The number of β-amino-alcohol motifs (C(OH)–C–C–N with tert-alkyl or cyclic N) is 1. The molecular formula is C13H18ClNO. The van der Waals surface area contributed by atoms with Crippen molar-refractivity contribution in [2.45, 2.75) is 31.9 Å². The molecule has 1 unspecified atom stereocenters. The van der Waals surface area contributed by atoms with Gasteiger partial charge in [0.1, 0.15) is 0 Å². The fraction of sp³-hybridized carbons (Fsp3) is 0.538. The largest absolute Gasteiger partial charge is 0.389 e. The van der Waals surface area contributed by atoms with E-state index in [1.165, 1.54) is 5.56 Å². The topological polar surface area (TPSA) is 23.5 Å². The van der Waals surface area contributed by atoms with Gasteiger partial charge in [-0.15, -0.1) is 0 Å². The molecule has 3 heteroatoms. The minimum atomic E-state index is -0.531. The van der Waals surface area contributed by atoms with Crippen LogP contribution in [0.4, 0.5) is 0 Å². The summed E-state index contributed by atoms with van der Waals surface area (Å²) in [5, 5.41) is 10.8. The number of benzene rings is 1. The third-order valence-corrected chi connectivity index (χ3v) is 3.28. The third kappa shape index (κ3) is 3.21. The molecule has 1 saturated heterocycles. The molecule has 1 aliphatic rings. The van der Waals surface area contributed by atoms with Gasteiger partial charge in [0.25, 0.3) is 0 Å². The maximum absolute atomic E-state index is 10.0. The maximum atomic E-state index is 10.0. The van der Waals surface area contributed by atoms with Crippen molar-refractivity contribution >= 4 is 11.6 Å². The van der Waals surface area contributed by atoms with Crippen LogP contribution in [0.2, 0.25) is 5.02 Å². The van der Waals surface area contributed by atoms with Crippen LogP contribution in [-0.4, -0.2) is 28.7 Å². The Morgan fingerprint density at radius 3 is 3.00 bits per heavy atom. The molecule has 0 bridgehead atoms. The predicted molar refractivity (Wildman–Crippen MR) is 66.6 cm³/mol. The molecule has 0 spiro atoms. The first-order chi connectivity index (χ1) is 7.55. The van der Waals surface area contributed by atoms with Crippen LogP contribution in [0, 0.1) is 0 Å². The third-order valence-electron chi connectivity index (χ3n) is 3.05. The Hall–Kier alpha value is -0.570. The summed E-state index contributed by atoms with van der Waals surface area (Å²) in [6.45, 7) is 4.59. The number of aliphatic hydroxyl groups is 1. The SMILES string of the molecule is CC1(O)CCCN(Cc2cccc(Cl)c2)C1. The van der Waals surface area contributed by atoms with Crippen molar-refractivity contribution in [3.05, 3.63) is 34.9 Å². The average molecular weight is 240 g/mol. The van der Waals surface area contributed by atoms with Gasteiger partial charge < -0.3 is 5.11 Å². The van der Waals surface area contributed by atoms with Gasteiger partial charge in [0.05, 0.1) is 5.60 Å². The quantitative estimate of drug-likeness (QED) is 0.858. The molecule has 2 nitrogen and oxygen atoms in total. The molecule has 88 valence electrons.